The van der Waals surface area contributed by atoms with Gasteiger partial charge >= 0.3 is 0 Å². The van der Waals surface area contributed by atoms with Crippen molar-refractivity contribution in [1.29, 1.82) is 0 Å². The molecule has 3 aromatic rings. The number of hydrogen-bond donors (Lipinski definition) is 1. The maximum Gasteiger partial charge on any atom is 0.295 e. The number of oxazole rings is 1. The summed E-state index contributed by atoms with van der Waals surface area (Å²) in [5, 5.41) is 3.32. The Hall–Kier alpha value is -2.29. The zero-order valence-corrected chi connectivity index (χ0v) is 11.5. The zero-order chi connectivity index (χ0) is 13.8. The lowest BCUT2D eigenvalue weighted by molar-refractivity contribution is 0.589. The van der Waals surface area contributed by atoms with E-state index in [2.05, 4.69) is 41.5 Å². The van der Waals surface area contributed by atoms with Crippen molar-refractivity contribution in [2.24, 2.45) is 0 Å². The lowest BCUT2D eigenvalue weighted by atomic mass is 10.1. The molecular formula is C17H18N2O. The molecule has 20 heavy (non-hydrogen) atoms. The quantitative estimate of drug-likeness (QED) is 0.749. The Morgan fingerprint density at radius 1 is 1.05 bits per heavy atom. The number of nitrogens with one attached hydrogen (secondary N) is 1. The molecule has 3 heteroatoms. The number of fused-ring (bicyclic) bond motifs is 1. The highest BCUT2D eigenvalue weighted by Crippen LogP contribution is 2.19. The largest absolute Gasteiger partial charge is 0.424 e. The number of hydrogen-bond acceptors (Lipinski definition) is 3. The number of aryl methyl sites for hydroxylation is 1. The van der Waals surface area contributed by atoms with Crippen molar-refractivity contribution in [3.8, 4) is 0 Å². The van der Waals surface area contributed by atoms with E-state index in [4.69, 9.17) is 4.42 Å². The number of para-hydroxylation sites is 2. The van der Waals surface area contributed by atoms with Crippen molar-refractivity contribution in [3.05, 3.63) is 60.2 Å². The second-order valence-corrected chi connectivity index (χ2v) is 5.06. The third-order valence-corrected chi connectivity index (χ3v) is 3.37. The van der Waals surface area contributed by atoms with Gasteiger partial charge in [0.15, 0.2) is 5.58 Å². The standard InChI is InChI=1S/C17H18N2O/c1-13(11-12-14-7-3-2-4-8-14)18-17-19-15-9-5-6-10-16(15)20-17/h2-10,13H,11-12H2,1H3,(H,18,19)/t13-/m0/s1. The van der Waals surface area contributed by atoms with E-state index in [-0.39, 0.29) is 0 Å². The predicted molar refractivity (Wildman–Crippen MR) is 81.9 cm³/mol. The summed E-state index contributed by atoms with van der Waals surface area (Å²) in [5.74, 6) is 0. The maximum atomic E-state index is 5.67. The summed E-state index contributed by atoms with van der Waals surface area (Å²) in [6.07, 6.45) is 2.10. The van der Waals surface area contributed by atoms with Gasteiger partial charge in [-0.15, -0.1) is 0 Å². The van der Waals surface area contributed by atoms with Crippen LogP contribution in [0.5, 0.6) is 0 Å². The molecule has 3 nitrogen and oxygen atoms in total. The molecule has 2 aromatic carbocycles. The van der Waals surface area contributed by atoms with Crippen LogP contribution >= 0.6 is 0 Å². The summed E-state index contributed by atoms with van der Waals surface area (Å²) in [6, 6.07) is 19.3. The first-order valence-electron chi connectivity index (χ1n) is 6.97. The van der Waals surface area contributed by atoms with Crippen LogP contribution in [-0.2, 0) is 6.42 Å². The van der Waals surface area contributed by atoms with Crippen molar-refractivity contribution in [3.63, 3.8) is 0 Å². The molecule has 0 bridgehead atoms. The van der Waals surface area contributed by atoms with Gasteiger partial charge in [0, 0.05) is 6.04 Å². The molecule has 0 spiro atoms. The normalized spacial score (nSPS) is 12.4. The molecule has 0 unspecified atom stereocenters. The van der Waals surface area contributed by atoms with Gasteiger partial charge in [-0.05, 0) is 37.5 Å². The molecule has 1 atom stereocenters. The van der Waals surface area contributed by atoms with Crippen LogP contribution < -0.4 is 5.32 Å². The average molecular weight is 266 g/mol. The molecule has 0 saturated carbocycles. The van der Waals surface area contributed by atoms with E-state index < -0.39 is 0 Å². The van der Waals surface area contributed by atoms with E-state index in [0.717, 1.165) is 23.9 Å². The fraction of sp³-hybridized carbons (Fsp3) is 0.235. The minimum absolute atomic E-state index is 0.322. The highest BCUT2D eigenvalue weighted by atomic mass is 16.4. The molecule has 0 saturated heterocycles. The molecule has 0 amide bonds. The lowest BCUT2D eigenvalue weighted by Gasteiger charge is -2.11. The van der Waals surface area contributed by atoms with Crippen LogP contribution in [0.4, 0.5) is 6.01 Å². The van der Waals surface area contributed by atoms with Crippen LogP contribution in [0, 0.1) is 0 Å². The van der Waals surface area contributed by atoms with Crippen molar-refractivity contribution in [2.75, 3.05) is 5.32 Å². The second kappa shape index (κ2) is 5.78. The number of rotatable bonds is 5. The van der Waals surface area contributed by atoms with Crippen molar-refractivity contribution < 1.29 is 4.42 Å². The number of aromatic nitrogens is 1. The van der Waals surface area contributed by atoms with Gasteiger partial charge in [0.05, 0.1) is 0 Å². The molecule has 1 aromatic heterocycles. The smallest absolute Gasteiger partial charge is 0.295 e. The average Bonchev–Trinajstić information content (AvgIpc) is 2.88. The number of nitrogens with zero attached hydrogens (tertiary/aromatic N) is 1. The number of benzene rings is 2. The zero-order valence-electron chi connectivity index (χ0n) is 11.5. The molecule has 0 radical (unpaired) electrons. The summed E-state index contributed by atoms with van der Waals surface area (Å²) >= 11 is 0. The molecule has 0 fully saturated rings. The van der Waals surface area contributed by atoms with Gasteiger partial charge in [-0.2, -0.15) is 4.98 Å². The topological polar surface area (TPSA) is 38.1 Å². The van der Waals surface area contributed by atoms with Crippen molar-refractivity contribution >= 4 is 17.1 Å². The van der Waals surface area contributed by atoms with Crippen LogP contribution in [0.1, 0.15) is 18.9 Å². The second-order valence-electron chi connectivity index (χ2n) is 5.06. The lowest BCUT2D eigenvalue weighted by Crippen LogP contribution is -2.16. The predicted octanol–water partition coefficient (Wildman–Crippen LogP) is 4.26. The van der Waals surface area contributed by atoms with Gasteiger partial charge in [-0.25, -0.2) is 0 Å². The third-order valence-electron chi connectivity index (χ3n) is 3.37. The summed E-state index contributed by atoms with van der Waals surface area (Å²) in [7, 11) is 0. The first-order valence-corrected chi connectivity index (χ1v) is 6.97. The van der Waals surface area contributed by atoms with Gasteiger partial charge in [0.1, 0.15) is 5.52 Å². The molecular weight excluding hydrogens is 248 g/mol. The SMILES string of the molecule is C[C@@H](CCc1ccccc1)Nc1nc2ccccc2o1. The fourth-order valence-corrected chi connectivity index (χ4v) is 2.24. The van der Waals surface area contributed by atoms with Gasteiger partial charge in [-0.1, -0.05) is 42.5 Å². The molecule has 3 rings (SSSR count). The Kier molecular flexibility index (Phi) is 3.68. The maximum absolute atomic E-state index is 5.67. The molecule has 1 N–H and O–H groups in total. The van der Waals surface area contributed by atoms with Crippen LogP contribution in [0.2, 0.25) is 0 Å². The Balaban J connectivity index is 1.59. The van der Waals surface area contributed by atoms with Crippen LogP contribution in [0.15, 0.2) is 59.0 Å². The van der Waals surface area contributed by atoms with Crippen LogP contribution in [0.25, 0.3) is 11.1 Å². The number of anilines is 1. The van der Waals surface area contributed by atoms with Crippen molar-refractivity contribution in [2.45, 2.75) is 25.8 Å². The van der Waals surface area contributed by atoms with Gasteiger partial charge in [0.2, 0.25) is 0 Å². The van der Waals surface area contributed by atoms with Crippen LogP contribution in [-0.4, -0.2) is 11.0 Å². The Bertz CT molecular complexity index is 643. The molecule has 0 aliphatic heterocycles. The van der Waals surface area contributed by atoms with Crippen molar-refractivity contribution in [1.82, 2.24) is 4.98 Å². The molecule has 0 aliphatic carbocycles. The van der Waals surface area contributed by atoms with E-state index in [1.165, 1.54) is 5.56 Å². The highest BCUT2D eigenvalue weighted by Gasteiger charge is 2.08. The van der Waals surface area contributed by atoms with Gasteiger partial charge in [0.25, 0.3) is 6.01 Å². The Labute approximate surface area is 118 Å². The molecule has 102 valence electrons. The van der Waals surface area contributed by atoms with E-state index in [1.54, 1.807) is 0 Å². The van der Waals surface area contributed by atoms with E-state index in [9.17, 15) is 0 Å². The Morgan fingerprint density at radius 3 is 2.60 bits per heavy atom. The van der Waals surface area contributed by atoms with E-state index in [1.807, 2.05) is 30.3 Å². The summed E-state index contributed by atoms with van der Waals surface area (Å²) in [4.78, 5) is 4.43. The molecule has 1 heterocycles. The third kappa shape index (κ3) is 2.99. The summed E-state index contributed by atoms with van der Waals surface area (Å²) < 4.78 is 5.67. The minimum atomic E-state index is 0.322. The van der Waals surface area contributed by atoms with E-state index >= 15 is 0 Å². The highest BCUT2D eigenvalue weighted by molar-refractivity contribution is 5.74. The van der Waals surface area contributed by atoms with Gasteiger partial charge < -0.3 is 9.73 Å². The minimum Gasteiger partial charge on any atom is -0.424 e. The van der Waals surface area contributed by atoms with Gasteiger partial charge in [-0.3, -0.25) is 0 Å². The first-order chi connectivity index (χ1) is 9.81. The summed E-state index contributed by atoms with van der Waals surface area (Å²) in [5.41, 5.74) is 3.08. The fourth-order valence-electron chi connectivity index (χ4n) is 2.24. The first kappa shape index (κ1) is 12.7. The monoisotopic (exact) mass is 266 g/mol. The van der Waals surface area contributed by atoms with Crippen LogP contribution in [0.3, 0.4) is 0 Å². The van der Waals surface area contributed by atoms with E-state index in [0.29, 0.717) is 12.1 Å². The Morgan fingerprint density at radius 2 is 1.80 bits per heavy atom. The molecule has 0 aliphatic rings. The summed E-state index contributed by atoms with van der Waals surface area (Å²) in [6.45, 7) is 2.15.